The van der Waals surface area contributed by atoms with Gasteiger partial charge in [-0.1, -0.05) is 6.07 Å². The molecule has 0 amide bonds. The molecule has 1 saturated heterocycles. The largest absolute Gasteiger partial charge is 0.496 e. The molecule has 1 aliphatic heterocycles. The van der Waals surface area contributed by atoms with E-state index in [0.29, 0.717) is 36.2 Å². The van der Waals surface area contributed by atoms with Gasteiger partial charge in [0.05, 0.1) is 18.5 Å². The number of pyridine rings is 1. The zero-order valence-corrected chi connectivity index (χ0v) is 20.7. The molecule has 1 fully saturated rings. The van der Waals surface area contributed by atoms with Crippen molar-refractivity contribution in [3.05, 3.63) is 77.7 Å². The Balaban J connectivity index is 1.23. The van der Waals surface area contributed by atoms with E-state index in [2.05, 4.69) is 30.3 Å². The van der Waals surface area contributed by atoms with Crippen molar-refractivity contribution in [1.29, 1.82) is 0 Å². The highest BCUT2D eigenvalue weighted by molar-refractivity contribution is 5.95. The third-order valence-corrected chi connectivity index (χ3v) is 6.95. The van der Waals surface area contributed by atoms with Gasteiger partial charge in [-0.3, -0.25) is 15.0 Å². The van der Waals surface area contributed by atoms with Gasteiger partial charge < -0.3 is 9.15 Å². The van der Waals surface area contributed by atoms with Gasteiger partial charge in [0, 0.05) is 47.1 Å². The molecule has 0 aliphatic carbocycles. The summed E-state index contributed by atoms with van der Waals surface area (Å²) in [7, 11) is 1.57. The number of fused-ring (bicyclic) bond motifs is 1. The number of aromatic amines is 1. The Morgan fingerprint density at radius 2 is 2.05 bits per heavy atom. The van der Waals surface area contributed by atoms with Crippen molar-refractivity contribution in [1.82, 2.24) is 30.3 Å². The Morgan fingerprint density at radius 1 is 1.14 bits per heavy atom. The van der Waals surface area contributed by atoms with E-state index in [1.807, 2.05) is 37.3 Å². The fourth-order valence-corrected chi connectivity index (χ4v) is 5.08. The summed E-state index contributed by atoms with van der Waals surface area (Å²) in [5.41, 5.74) is 5.12. The van der Waals surface area contributed by atoms with Crippen LogP contribution < -0.4 is 4.74 Å². The van der Waals surface area contributed by atoms with E-state index in [4.69, 9.17) is 9.15 Å². The molecular weight excluding hydrogens is 471 g/mol. The lowest BCUT2D eigenvalue weighted by atomic mass is 9.97. The summed E-state index contributed by atoms with van der Waals surface area (Å²) < 4.78 is 26.0. The lowest BCUT2D eigenvalue weighted by Crippen LogP contribution is -2.34. The highest BCUT2D eigenvalue weighted by Crippen LogP contribution is 2.33. The van der Waals surface area contributed by atoms with Crippen molar-refractivity contribution < 1.29 is 13.5 Å². The zero-order valence-electron chi connectivity index (χ0n) is 20.7. The molecule has 1 aliphatic rings. The van der Waals surface area contributed by atoms with E-state index >= 15 is 0 Å². The summed E-state index contributed by atoms with van der Waals surface area (Å²) in [6.45, 7) is 4.03. The lowest BCUT2D eigenvalue weighted by Gasteiger charge is -2.31. The molecule has 3 aromatic heterocycles. The number of aromatic nitrogens is 5. The van der Waals surface area contributed by atoms with Crippen molar-refractivity contribution in [2.75, 3.05) is 20.2 Å². The SMILES string of the molecule is COc1cccc(F)c1CN1CCC[C@@H](c2nnc(-c3ccc4[nH]nc(-c5ccnc(C)c5)c4c3)o2)C1. The fraction of sp³-hybridized carbons (Fsp3) is 0.286. The lowest BCUT2D eigenvalue weighted by molar-refractivity contribution is 0.182. The summed E-state index contributed by atoms with van der Waals surface area (Å²) in [6.07, 6.45) is 3.70. The van der Waals surface area contributed by atoms with E-state index in [0.717, 1.165) is 52.8 Å². The minimum Gasteiger partial charge on any atom is -0.496 e. The number of aryl methyl sites for hydroxylation is 1. The molecule has 5 aromatic rings. The van der Waals surface area contributed by atoms with Crippen LogP contribution in [0.3, 0.4) is 0 Å². The summed E-state index contributed by atoms with van der Waals surface area (Å²) in [5.74, 6) is 1.48. The first kappa shape index (κ1) is 23.3. The normalized spacial score (nSPS) is 16.4. The van der Waals surface area contributed by atoms with Gasteiger partial charge in [0.15, 0.2) is 0 Å². The molecule has 0 spiro atoms. The van der Waals surface area contributed by atoms with Crippen molar-refractivity contribution in [3.8, 4) is 28.5 Å². The number of nitrogens with one attached hydrogen (secondary N) is 1. The van der Waals surface area contributed by atoms with Crippen LogP contribution in [-0.2, 0) is 6.54 Å². The van der Waals surface area contributed by atoms with Gasteiger partial charge in [0.2, 0.25) is 11.8 Å². The van der Waals surface area contributed by atoms with Gasteiger partial charge in [-0.25, -0.2) is 4.39 Å². The molecule has 4 heterocycles. The quantitative estimate of drug-likeness (QED) is 0.330. The average molecular weight is 499 g/mol. The Hall–Kier alpha value is -4.11. The number of likely N-dealkylation sites (tertiary alicyclic amines) is 1. The third kappa shape index (κ3) is 4.58. The second-order valence-corrected chi connectivity index (χ2v) is 9.46. The summed E-state index contributed by atoms with van der Waals surface area (Å²) >= 11 is 0. The van der Waals surface area contributed by atoms with Crippen molar-refractivity contribution in [2.24, 2.45) is 0 Å². The predicted octanol–water partition coefficient (Wildman–Crippen LogP) is 5.51. The first-order valence-corrected chi connectivity index (χ1v) is 12.4. The van der Waals surface area contributed by atoms with Crippen LogP contribution in [0.5, 0.6) is 5.75 Å². The van der Waals surface area contributed by atoms with Crippen LogP contribution >= 0.6 is 0 Å². The number of hydrogen-bond donors (Lipinski definition) is 1. The van der Waals surface area contributed by atoms with E-state index in [-0.39, 0.29) is 11.7 Å². The van der Waals surface area contributed by atoms with E-state index in [1.54, 1.807) is 25.4 Å². The molecule has 0 bridgehead atoms. The van der Waals surface area contributed by atoms with Crippen LogP contribution in [0.15, 0.2) is 59.1 Å². The minimum atomic E-state index is -0.252. The molecule has 1 N–H and O–H groups in total. The fourth-order valence-electron chi connectivity index (χ4n) is 5.08. The monoisotopic (exact) mass is 498 g/mol. The second kappa shape index (κ2) is 9.74. The third-order valence-electron chi connectivity index (χ3n) is 6.95. The molecule has 37 heavy (non-hydrogen) atoms. The maximum Gasteiger partial charge on any atom is 0.247 e. The molecule has 8 nitrogen and oxygen atoms in total. The first-order valence-electron chi connectivity index (χ1n) is 12.4. The van der Waals surface area contributed by atoms with Gasteiger partial charge in [0.25, 0.3) is 0 Å². The topological polar surface area (TPSA) is 93.0 Å². The standard InChI is InChI=1S/C28H27FN6O2/c1-17-13-18(10-11-30-17)26-21-14-19(8-9-24(21)31-32-26)27-33-34-28(37-27)20-5-4-12-35(15-20)16-22-23(29)6-3-7-25(22)36-2/h3,6-11,13-14,20H,4-5,12,15-16H2,1-2H3,(H,31,32)/t20-/m1/s1. The molecule has 1 atom stereocenters. The molecule has 9 heteroatoms. The summed E-state index contributed by atoms with van der Waals surface area (Å²) in [5, 5.41) is 17.4. The zero-order chi connectivity index (χ0) is 25.4. The van der Waals surface area contributed by atoms with Gasteiger partial charge in [-0.15, -0.1) is 10.2 Å². The number of H-pyrrole nitrogens is 1. The number of halogens is 1. The number of hydrogen-bond acceptors (Lipinski definition) is 7. The van der Waals surface area contributed by atoms with Gasteiger partial charge in [-0.05, 0) is 68.8 Å². The molecule has 0 saturated carbocycles. The minimum absolute atomic E-state index is 0.0841. The number of methoxy groups -OCH3 is 1. The highest BCUT2D eigenvalue weighted by Gasteiger charge is 2.27. The molecule has 0 unspecified atom stereocenters. The highest BCUT2D eigenvalue weighted by atomic mass is 19.1. The van der Waals surface area contributed by atoms with Gasteiger partial charge in [0.1, 0.15) is 17.3 Å². The van der Waals surface area contributed by atoms with E-state index in [1.165, 1.54) is 6.07 Å². The molecule has 6 rings (SSSR count). The van der Waals surface area contributed by atoms with Crippen molar-refractivity contribution in [2.45, 2.75) is 32.2 Å². The first-order chi connectivity index (χ1) is 18.1. The molecule has 0 radical (unpaired) electrons. The number of ether oxygens (including phenoxy) is 1. The van der Waals surface area contributed by atoms with Crippen LogP contribution in [0.2, 0.25) is 0 Å². The Bertz CT molecular complexity index is 1560. The van der Waals surface area contributed by atoms with Crippen molar-refractivity contribution >= 4 is 10.9 Å². The maximum atomic E-state index is 14.5. The van der Waals surface area contributed by atoms with Crippen LogP contribution in [0, 0.1) is 12.7 Å². The predicted molar refractivity (Wildman–Crippen MR) is 138 cm³/mol. The number of rotatable bonds is 6. The Kier molecular flexibility index (Phi) is 6.13. The van der Waals surface area contributed by atoms with Crippen LogP contribution in [0.1, 0.15) is 35.9 Å². The van der Waals surface area contributed by atoms with Crippen molar-refractivity contribution in [3.63, 3.8) is 0 Å². The van der Waals surface area contributed by atoms with Crippen LogP contribution in [-0.4, -0.2) is 50.5 Å². The van der Waals surface area contributed by atoms with Gasteiger partial charge in [-0.2, -0.15) is 5.10 Å². The smallest absolute Gasteiger partial charge is 0.247 e. The number of nitrogens with zero attached hydrogens (tertiary/aromatic N) is 5. The van der Waals surface area contributed by atoms with E-state index in [9.17, 15) is 4.39 Å². The Morgan fingerprint density at radius 3 is 2.92 bits per heavy atom. The Labute approximate surface area is 213 Å². The molecule has 188 valence electrons. The second-order valence-electron chi connectivity index (χ2n) is 9.46. The van der Waals surface area contributed by atoms with Crippen LogP contribution in [0.25, 0.3) is 33.6 Å². The van der Waals surface area contributed by atoms with E-state index < -0.39 is 0 Å². The van der Waals surface area contributed by atoms with Gasteiger partial charge >= 0.3 is 0 Å². The number of piperidine rings is 1. The average Bonchev–Trinajstić information content (AvgIpc) is 3.57. The summed E-state index contributed by atoms with van der Waals surface area (Å²) in [6, 6.07) is 14.9. The van der Waals surface area contributed by atoms with Crippen LogP contribution in [0.4, 0.5) is 4.39 Å². The maximum absolute atomic E-state index is 14.5. The molecular formula is C28H27FN6O2. The molecule has 2 aromatic carbocycles. The summed E-state index contributed by atoms with van der Waals surface area (Å²) in [4.78, 5) is 6.51. The number of benzene rings is 2.